The molecular formula is C19H30N2O3S. The molecule has 1 aromatic carbocycles. The summed E-state index contributed by atoms with van der Waals surface area (Å²) in [6.45, 7) is 9.42. The number of aryl methyl sites for hydroxylation is 1. The summed E-state index contributed by atoms with van der Waals surface area (Å²) < 4.78 is 27.7. The van der Waals surface area contributed by atoms with Gasteiger partial charge in [-0.2, -0.15) is 0 Å². The molecule has 0 aromatic heterocycles. The van der Waals surface area contributed by atoms with Crippen LogP contribution in [-0.2, 0) is 10.0 Å². The third-order valence-corrected chi connectivity index (χ3v) is 6.31. The van der Waals surface area contributed by atoms with Gasteiger partial charge in [-0.1, -0.05) is 13.0 Å². The van der Waals surface area contributed by atoms with E-state index in [0.717, 1.165) is 31.2 Å². The van der Waals surface area contributed by atoms with E-state index in [0.29, 0.717) is 11.5 Å². The zero-order valence-electron chi connectivity index (χ0n) is 15.8. The van der Waals surface area contributed by atoms with Gasteiger partial charge in [-0.15, -0.1) is 0 Å². The normalized spacial score (nSPS) is 21.8. The average Bonchev–Trinajstić information content (AvgIpc) is 2.47. The van der Waals surface area contributed by atoms with Crippen molar-refractivity contribution in [2.75, 3.05) is 0 Å². The Hall–Kier alpha value is -1.40. The number of hydrogen-bond donors (Lipinski definition) is 2. The van der Waals surface area contributed by atoms with Gasteiger partial charge >= 0.3 is 0 Å². The molecular weight excluding hydrogens is 336 g/mol. The zero-order chi connectivity index (χ0) is 18.8. The third-order valence-electron chi connectivity index (χ3n) is 4.56. The van der Waals surface area contributed by atoms with E-state index < -0.39 is 15.6 Å². The van der Waals surface area contributed by atoms with Crippen LogP contribution in [0.25, 0.3) is 0 Å². The standard InChI is InChI=1S/C19H30N2O3S/c1-13-6-9-15(10-7-13)20-18(22)17-12-16(11-8-14(17)2)25(23,24)21-19(3,4)5/h8,11-13,15,21H,6-7,9-10H2,1-5H3,(H,20,22). The van der Waals surface area contributed by atoms with Gasteiger partial charge in [0.05, 0.1) is 4.90 Å². The fourth-order valence-electron chi connectivity index (χ4n) is 3.14. The van der Waals surface area contributed by atoms with E-state index in [1.54, 1.807) is 32.9 Å². The van der Waals surface area contributed by atoms with Crippen LogP contribution in [0.3, 0.4) is 0 Å². The van der Waals surface area contributed by atoms with Crippen LogP contribution in [0.1, 0.15) is 69.3 Å². The molecule has 0 unspecified atom stereocenters. The first-order valence-electron chi connectivity index (χ1n) is 8.93. The van der Waals surface area contributed by atoms with Crippen molar-refractivity contribution >= 4 is 15.9 Å². The van der Waals surface area contributed by atoms with Crippen LogP contribution in [0.4, 0.5) is 0 Å². The smallest absolute Gasteiger partial charge is 0.251 e. The maximum absolute atomic E-state index is 12.7. The topological polar surface area (TPSA) is 75.3 Å². The highest BCUT2D eigenvalue weighted by molar-refractivity contribution is 7.89. The second-order valence-electron chi connectivity index (χ2n) is 8.26. The lowest BCUT2D eigenvalue weighted by Gasteiger charge is -2.27. The van der Waals surface area contributed by atoms with Gasteiger partial charge in [0.2, 0.25) is 10.0 Å². The molecule has 0 atom stereocenters. The van der Waals surface area contributed by atoms with Crippen LogP contribution in [0.5, 0.6) is 0 Å². The first-order valence-corrected chi connectivity index (χ1v) is 10.4. The summed E-state index contributed by atoms with van der Waals surface area (Å²) in [4.78, 5) is 12.8. The van der Waals surface area contributed by atoms with E-state index in [-0.39, 0.29) is 16.8 Å². The summed E-state index contributed by atoms with van der Waals surface area (Å²) in [6.07, 6.45) is 4.20. The molecule has 1 amide bonds. The lowest BCUT2D eigenvalue weighted by molar-refractivity contribution is 0.0922. The van der Waals surface area contributed by atoms with Gasteiger partial charge in [-0.3, -0.25) is 4.79 Å². The van der Waals surface area contributed by atoms with Crippen molar-refractivity contribution in [2.24, 2.45) is 5.92 Å². The van der Waals surface area contributed by atoms with Gasteiger partial charge in [-0.25, -0.2) is 13.1 Å². The molecule has 5 nitrogen and oxygen atoms in total. The zero-order valence-corrected chi connectivity index (χ0v) is 16.7. The van der Waals surface area contributed by atoms with Crippen molar-refractivity contribution in [2.45, 2.75) is 76.8 Å². The molecule has 0 spiro atoms. The number of hydrogen-bond acceptors (Lipinski definition) is 3. The molecule has 0 radical (unpaired) electrons. The Morgan fingerprint density at radius 3 is 2.28 bits per heavy atom. The van der Waals surface area contributed by atoms with Gasteiger partial charge in [0.1, 0.15) is 0 Å². The van der Waals surface area contributed by atoms with Crippen LogP contribution in [-0.4, -0.2) is 25.9 Å². The molecule has 0 heterocycles. The highest BCUT2D eigenvalue weighted by Crippen LogP contribution is 2.24. The number of amides is 1. The number of nitrogens with one attached hydrogen (secondary N) is 2. The summed E-state index contributed by atoms with van der Waals surface area (Å²) in [7, 11) is -3.66. The van der Waals surface area contributed by atoms with E-state index in [1.165, 1.54) is 6.07 Å². The predicted molar refractivity (Wildman–Crippen MR) is 100 cm³/mol. The van der Waals surface area contributed by atoms with Crippen molar-refractivity contribution in [3.63, 3.8) is 0 Å². The molecule has 0 bridgehead atoms. The van der Waals surface area contributed by atoms with Crippen LogP contribution in [0.15, 0.2) is 23.1 Å². The summed E-state index contributed by atoms with van der Waals surface area (Å²) in [5.41, 5.74) is 0.622. The highest BCUT2D eigenvalue weighted by Gasteiger charge is 2.25. The lowest BCUT2D eigenvalue weighted by Crippen LogP contribution is -2.40. The molecule has 0 saturated heterocycles. The van der Waals surface area contributed by atoms with E-state index in [9.17, 15) is 13.2 Å². The first kappa shape index (κ1) is 19.9. The van der Waals surface area contributed by atoms with Gasteiger partial charge in [0.25, 0.3) is 5.91 Å². The van der Waals surface area contributed by atoms with Crippen LogP contribution >= 0.6 is 0 Å². The summed E-state index contributed by atoms with van der Waals surface area (Å²) >= 11 is 0. The minimum Gasteiger partial charge on any atom is -0.349 e. The fraction of sp³-hybridized carbons (Fsp3) is 0.632. The molecule has 6 heteroatoms. The largest absolute Gasteiger partial charge is 0.349 e. The first-order chi connectivity index (χ1) is 11.5. The second kappa shape index (κ2) is 7.46. The van der Waals surface area contributed by atoms with E-state index >= 15 is 0 Å². The Labute approximate surface area is 151 Å². The second-order valence-corrected chi connectivity index (χ2v) is 9.94. The van der Waals surface area contributed by atoms with E-state index in [1.807, 2.05) is 6.92 Å². The van der Waals surface area contributed by atoms with Gasteiger partial charge in [0.15, 0.2) is 0 Å². The Bertz CT molecular complexity index is 728. The SMILES string of the molecule is Cc1ccc(S(=O)(=O)NC(C)(C)C)cc1C(=O)NC1CCC(C)CC1. The Morgan fingerprint density at radius 1 is 1.12 bits per heavy atom. The quantitative estimate of drug-likeness (QED) is 0.858. The van der Waals surface area contributed by atoms with Crippen LogP contribution in [0, 0.1) is 12.8 Å². The van der Waals surface area contributed by atoms with Gasteiger partial charge in [0, 0.05) is 17.1 Å². The van der Waals surface area contributed by atoms with Crippen molar-refractivity contribution in [1.29, 1.82) is 0 Å². The molecule has 140 valence electrons. The molecule has 0 aliphatic heterocycles. The molecule has 1 aromatic rings. The van der Waals surface area contributed by atoms with Crippen LogP contribution in [0.2, 0.25) is 0 Å². The minimum atomic E-state index is -3.66. The maximum atomic E-state index is 12.7. The number of carbonyl (C=O) groups is 1. The highest BCUT2D eigenvalue weighted by atomic mass is 32.2. The fourth-order valence-corrected chi connectivity index (χ4v) is 4.59. The molecule has 1 aliphatic rings. The number of rotatable bonds is 4. The molecule has 1 fully saturated rings. The Morgan fingerprint density at radius 2 is 1.72 bits per heavy atom. The third kappa shape index (κ3) is 5.54. The number of carbonyl (C=O) groups excluding carboxylic acids is 1. The predicted octanol–water partition coefficient (Wildman–Crippen LogP) is 3.38. The van der Waals surface area contributed by atoms with E-state index in [4.69, 9.17) is 0 Å². The Kier molecular flexibility index (Phi) is 5.94. The summed E-state index contributed by atoms with van der Waals surface area (Å²) in [5, 5.41) is 3.07. The van der Waals surface area contributed by atoms with Crippen LogP contribution < -0.4 is 10.0 Å². The molecule has 1 saturated carbocycles. The van der Waals surface area contributed by atoms with Gasteiger partial charge < -0.3 is 5.32 Å². The van der Waals surface area contributed by atoms with Crippen molar-refractivity contribution in [1.82, 2.24) is 10.0 Å². The Balaban J connectivity index is 2.19. The number of sulfonamides is 1. The molecule has 1 aliphatic carbocycles. The molecule has 25 heavy (non-hydrogen) atoms. The van der Waals surface area contributed by atoms with E-state index in [2.05, 4.69) is 17.0 Å². The maximum Gasteiger partial charge on any atom is 0.251 e. The number of benzene rings is 1. The van der Waals surface area contributed by atoms with Crippen molar-refractivity contribution < 1.29 is 13.2 Å². The summed E-state index contributed by atoms with van der Waals surface area (Å²) in [6, 6.07) is 4.89. The average molecular weight is 367 g/mol. The van der Waals surface area contributed by atoms with Gasteiger partial charge in [-0.05, 0) is 77.0 Å². The minimum absolute atomic E-state index is 0.121. The monoisotopic (exact) mass is 366 g/mol. The molecule has 2 N–H and O–H groups in total. The molecule has 2 rings (SSSR count). The van der Waals surface area contributed by atoms with Crippen molar-refractivity contribution in [3.8, 4) is 0 Å². The lowest BCUT2D eigenvalue weighted by atomic mass is 9.87. The van der Waals surface area contributed by atoms with Crippen molar-refractivity contribution in [3.05, 3.63) is 29.3 Å². The summed E-state index contributed by atoms with van der Waals surface area (Å²) in [5.74, 6) is 0.525.